The van der Waals surface area contributed by atoms with Crippen molar-refractivity contribution < 1.29 is 14.3 Å². The number of rotatable bonds is 3. The maximum atomic E-state index is 12.2. The third-order valence-corrected chi connectivity index (χ3v) is 3.71. The maximum Gasteiger partial charge on any atom is 0.331 e. The highest BCUT2D eigenvalue weighted by Gasteiger charge is 2.25. The van der Waals surface area contributed by atoms with Gasteiger partial charge in [-0.1, -0.05) is 17.7 Å². The van der Waals surface area contributed by atoms with Crippen LogP contribution in [0.15, 0.2) is 42.5 Å². The van der Waals surface area contributed by atoms with E-state index in [9.17, 15) is 9.59 Å². The van der Waals surface area contributed by atoms with Crippen molar-refractivity contribution in [2.24, 2.45) is 0 Å². The van der Waals surface area contributed by atoms with Crippen LogP contribution in [-0.4, -0.2) is 25.0 Å². The van der Waals surface area contributed by atoms with E-state index in [0.29, 0.717) is 16.5 Å². The van der Waals surface area contributed by atoms with Crippen molar-refractivity contribution in [3.8, 4) is 5.75 Å². The van der Waals surface area contributed by atoms with Crippen LogP contribution < -0.4 is 15.0 Å². The standard InChI is InChI=1S/C17H15ClN2O3/c1-11-2-7-14-15(8-11)23-17(22)10-20(14)9-16(21)19-13-5-3-12(18)4-6-13/h2-8H,9-10H2,1H3,(H,19,21). The monoisotopic (exact) mass is 330 g/mol. The second-order valence-electron chi connectivity index (χ2n) is 5.36. The fourth-order valence-electron chi connectivity index (χ4n) is 2.41. The van der Waals surface area contributed by atoms with Crippen molar-refractivity contribution in [3.63, 3.8) is 0 Å². The molecule has 1 aliphatic rings. The highest BCUT2D eigenvalue weighted by Crippen LogP contribution is 2.32. The van der Waals surface area contributed by atoms with Gasteiger partial charge in [0.25, 0.3) is 0 Å². The van der Waals surface area contributed by atoms with Crippen LogP contribution in [0, 0.1) is 6.92 Å². The number of benzene rings is 2. The van der Waals surface area contributed by atoms with Crippen LogP contribution in [0.4, 0.5) is 11.4 Å². The molecule has 0 bridgehead atoms. The van der Waals surface area contributed by atoms with E-state index < -0.39 is 0 Å². The molecule has 1 amide bonds. The number of anilines is 2. The largest absolute Gasteiger partial charge is 0.423 e. The third kappa shape index (κ3) is 3.63. The van der Waals surface area contributed by atoms with E-state index >= 15 is 0 Å². The van der Waals surface area contributed by atoms with E-state index in [1.807, 2.05) is 19.1 Å². The Morgan fingerprint density at radius 2 is 2.00 bits per heavy atom. The van der Waals surface area contributed by atoms with Gasteiger partial charge in [0.2, 0.25) is 5.91 Å². The van der Waals surface area contributed by atoms with Crippen LogP contribution in [0.1, 0.15) is 5.56 Å². The normalized spacial score (nSPS) is 13.3. The maximum absolute atomic E-state index is 12.2. The number of esters is 1. The van der Waals surface area contributed by atoms with Gasteiger partial charge in [-0.3, -0.25) is 4.79 Å². The fraction of sp³-hybridized carbons (Fsp3) is 0.176. The Balaban J connectivity index is 1.73. The summed E-state index contributed by atoms with van der Waals surface area (Å²) in [4.78, 5) is 25.6. The second kappa shape index (κ2) is 6.30. The molecule has 0 aromatic heterocycles. The number of hydrogen-bond acceptors (Lipinski definition) is 4. The lowest BCUT2D eigenvalue weighted by Gasteiger charge is -2.29. The van der Waals surface area contributed by atoms with E-state index in [-0.39, 0.29) is 25.0 Å². The zero-order valence-electron chi connectivity index (χ0n) is 12.5. The van der Waals surface area contributed by atoms with Gasteiger partial charge >= 0.3 is 5.97 Å². The number of nitrogens with one attached hydrogen (secondary N) is 1. The molecule has 1 heterocycles. The Bertz CT molecular complexity index is 759. The van der Waals surface area contributed by atoms with Crippen LogP contribution in [0.2, 0.25) is 5.02 Å². The molecular formula is C17H15ClN2O3. The number of halogens is 1. The van der Waals surface area contributed by atoms with Gasteiger partial charge in [-0.2, -0.15) is 0 Å². The van der Waals surface area contributed by atoms with Gasteiger partial charge in [-0.15, -0.1) is 0 Å². The summed E-state index contributed by atoms with van der Waals surface area (Å²) in [5.74, 6) is -0.100. The Morgan fingerprint density at radius 3 is 2.74 bits per heavy atom. The Kier molecular flexibility index (Phi) is 4.21. The number of amides is 1. The Labute approximate surface area is 138 Å². The van der Waals surface area contributed by atoms with Crippen molar-refractivity contribution in [1.29, 1.82) is 0 Å². The summed E-state index contributed by atoms with van der Waals surface area (Å²) in [5.41, 5.74) is 2.38. The van der Waals surface area contributed by atoms with Crippen LogP contribution in [0.5, 0.6) is 5.75 Å². The number of aryl methyl sites for hydroxylation is 1. The molecule has 0 radical (unpaired) electrons. The fourth-order valence-corrected chi connectivity index (χ4v) is 2.53. The summed E-state index contributed by atoms with van der Waals surface area (Å²) in [6.45, 7) is 2.03. The molecule has 0 spiro atoms. The van der Waals surface area contributed by atoms with Gasteiger partial charge in [0.1, 0.15) is 6.54 Å². The number of ether oxygens (including phenoxy) is 1. The molecule has 5 nitrogen and oxygen atoms in total. The molecule has 0 saturated carbocycles. The molecule has 3 rings (SSSR count). The van der Waals surface area contributed by atoms with Gasteiger partial charge < -0.3 is 15.0 Å². The number of fused-ring (bicyclic) bond motifs is 1. The number of carbonyl (C=O) groups is 2. The number of nitrogens with zero attached hydrogens (tertiary/aromatic N) is 1. The topological polar surface area (TPSA) is 58.6 Å². The lowest BCUT2D eigenvalue weighted by molar-refractivity contribution is -0.133. The average molecular weight is 331 g/mol. The van der Waals surface area contributed by atoms with E-state index in [2.05, 4.69) is 5.32 Å². The summed E-state index contributed by atoms with van der Waals surface area (Å²) in [6.07, 6.45) is 0. The smallest absolute Gasteiger partial charge is 0.331 e. The molecule has 0 unspecified atom stereocenters. The number of carbonyl (C=O) groups excluding carboxylic acids is 2. The zero-order chi connectivity index (χ0) is 16.4. The first-order valence-corrected chi connectivity index (χ1v) is 7.51. The molecule has 2 aromatic carbocycles. The van der Waals surface area contributed by atoms with E-state index in [1.165, 1.54) is 0 Å². The molecule has 1 N–H and O–H groups in total. The van der Waals surface area contributed by atoms with E-state index in [4.69, 9.17) is 16.3 Å². The molecule has 2 aromatic rings. The van der Waals surface area contributed by atoms with E-state index in [0.717, 1.165) is 11.3 Å². The van der Waals surface area contributed by atoms with Crippen LogP contribution in [-0.2, 0) is 9.59 Å². The molecule has 23 heavy (non-hydrogen) atoms. The predicted octanol–water partition coefficient (Wildman–Crippen LogP) is 3.01. The average Bonchev–Trinajstić information content (AvgIpc) is 2.49. The summed E-state index contributed by atoms with van der Waals surface area (Å²) >= 11 is 5.82. The van der Waals surface area contributed by atoms with Crippen LogP contribution in [0.25, 0.3) is 0 Å². The molecule has 0 atom stereocenters. The quantitative estimate of drug-likeness (QED) is 0.694. The summed E-state index contributed by atoms with van der Waals surface area (Å²) in [6, 6.07) is 12.4. The molecule has 0 fully saturated rings. The number of hydrogen-bond donors (Lipinski definition) is 1. The van der Waals surface area contributed by atoms with Crippen LogP contribution in [0.3, 0.4) is 0 Å². The first-order chi connectivity index (χ1) is 11.0. The third-order valence-electron chi connectivity index (χ3n) is 3.46. The highest BCUT2D eigenvalue weighted by molar-refractivity contribution is 6.30. The minimum atomic E-state index is -0.373. The van der Waals surface area contributed by atoms with Gasteiger partial charge in [0.15, 0.2) is 5.75 Å². The SMILES string of the molecule is Cc1ccc2c(c1)OC(=O)CN2CC(=O)Nc1ccc(Cl)cc1. The summed E-state index contributed by atoms with van der Waals surface area (Å²) < 4.78 is 5.23. The zero-order valence-corrected chi connectivity index (χ0v) is 13.3. The molecule has 1 aliphatic heterocycles. The van der Waals surface area contributed by atoms with Crippen molar-refractivity contribution in [2.75, 3.05) is 23.3 Å². The molecule has 6 heteroatoms. The Hall–Kier alpha value is -2.53. The summed E-state index contributed by atoms with van der Waals surface area (Å²) in [7, 11) is 0. The second-order valence-corrected chi connectivity index (χ2v) is 5.79. The van der Waals surface area contributed by atoms with Crippen LogP contribution >= 0.6 is 11.6 Å². The Morgan fingerprint density at radius 1 is 1.26 bits per heavy atom. The van der Waals surface area contributed by atoms with Gasteiger partial charge in [0, 0.05) is 10.7 Å². The van der Waals surface area contributed by atoms with Crippen molar-refractivity contribution in [1.82, 2.24) is 0 Å². The molecule has 0 aliphatic carbocycles. The lowest BCUT2D eigenvalue weighted by atomic mass is 10.1. The first-order valence-electron chi connectivity index (χ1n) is 7.13. The van der Waals surface area contributed by atoms with Gasteiger partial charge in [-0.05, 0) is 48.9 Å². The van der Waals surface area contributed by atoms with Crippen molar-refractivity contribution in [3.05, 3.63) is 53.1 Å². The lowest BCUT2D eigenvalue weighted by Crippen LogP contribution is -2.41. The predicted molar refractivity (Wildman–Crippen MR) is 89.1 cm³/mol. The highest BCUT2D eigenvalue weighted by atomic mass is 35.5. The summed E-state index contributed by atoms with van der Waals surface area (Å²) in [5, 5.41) is 3.38. The van der Waals surface area contributed by atoms with E-state index in [1.54, 1.807) is 35.2 Å². The van der Waals surface area contributed by atoms with Crippen molar-refractivity contribution >= 4 is 34.9 Å². The van der Waals surface area contributed by atoms with Crippen molar-refractivity contribution in [2.45, 2.75) is 6.92 Å². The minimum absolute atomic E-state index is 0.0457. The van der Waals surface area contributed by atoms with Gasteiger partial charge in [0.05, 0.1) is 12.2 Å². The molecule has 118 valence electrons. The van der Waals surface area contributed by atoms with Gasteiger partial charge in [-0.25, -0.2) is 4.79 Å². The first kappa shape index (κ1) is 15.4. The molecular weight excluding hydrogens is 316 g/mol. The minimum Gasteiger partial charge on any atom is -0.423 e. The molecule has 0 saturated heterocycles.